The number of fused-ring (bicyclic) bond motifs is 1. The fraction of sp³-hybridized carbons (Fsp3) is 0. The predicted octanol–water partition coefficient (Wildman–Crippen LogP) is 1.99. The van der Waals surface area contributed by atoms with Crippen molar-refractivity contribution in [2.75, 3.05) is 0 Å². The van der Waals surface area contributed by atoms with Gasteiger partial charge in [-0.1, -0.05) is 0 Å². The van der Waals surface area contributed by atoms with Crippen molar-refractivity contribution < 1.29 is 47.0 Å². The zero-order chi connectivity index (χ0) is 16.0. The first kappa shape index (κ1) is 16.5. The monoisotopic (exact) mass is 365 g/mol. The van der Waals surface area contributed by atoms with Gasteiger partial charge in [0.2, 0.25) is 11.2 Å². The summed E-state index contributed by atoms with van der Waals surface area (Å²) in [4.78, 5) is 12.1. The van der Waals surface area contributed by atoms with Crippen LogP contribution >= 0.6 is 0 Å². The van der Waals surface area contributed by atoms with Gasteiger partial charge < -0.3 is 29.9 Å². The fourth-order valence-electron chi connectivity index (χ4n) is 2.14. The van der Waals surface area contributed by atoms with Crippen LogP contribution in [0.5, 0.6) is 28.7 Å². The molecule has 0 aliphatic heterocycles. The van der Waals surface area contributed by atoms with Gasteiger partial charge in [0.15, 0.2) is 17.3 Å². The molecule has 0 aliphatic rings. The standard InChI is InChI=1S/C15H10O7.Cu/c16-7-4-10(19)12-11(5-7)22-15(14(21)13(12)20)6-1-2-8(17)9(18)3-6;/h1-5,16-19,21H;. The molecule has 1 aromatic heterocycles. The summed E-state index contributed by atoms with van der Waals surface area (Å²) in [5.74, 6) is -2.71. The van der Waals surface area contributed by atoms with Crippen LogP contribution < -0.4 is 5.43 Å². The van der Waals surface area contributed by atoms with Crippen LogP contribution in [-0.4, -0.2) is 25.5 Å². The largest absolute Gasteiger partial charge is 0.508 e. The second-order valence-electron chi connectivity index (χ2n) is 4.65. The molecule has 2 aromatic carbocycles. The quantitative estimate of drug-likeness (QED) is 0.329. The molecule has 3 rings (SSSR count). The Hall–Kier alpha value is -2.83. The number of phenols is 4. The second-order valence-corrected chi connectivity index (χ2v) is 4.65. The van der Waals surface area contributed by atoms with Crippen LogP contribution in [0.1, 0.15) is 0 Å². The predicted molar refractivity (Wildman–Crippen MR) is 76.2 cm³/mol. The van der Waals surface area contributed by atoms with Crippen LogP contribution in [-0.2, 0) is 17.1 Å². The summed E-state index contributed by atoms with van der Waals surface area (Å²) in [6.07, 6.45) is 0. The summed E-state index contributed by atoms with van der Waals surface area (Å²) in [7, 11) is 0. The van der Waals surface area contributed by atoms with Crippen LogP contribution in [0.3, 0.4) is 0 Å². The molecule has 0 bridgehead atoms. The third-order valence-corrected chi connectivity index (χ3v) is 3.17. The minimum absolute atomic E-state index is 0. The second kappa shape index (κ2) is 5.75. The summed E-state index contributed by atoms with van der Waals surface area (Å²) in [6.45, 7) is 0. The molecule has 3 aromatic rings. The van der Waals surface area contributed by atoms with Crippen LogP contribution in [0.15, 0.2) is 39.5 Å². The molecule has 23 heavy (non-hydrogen) atoms. The summed E-state index contributed by atoms with van der Waals surface area (Å²) < 4.78 is 5.35. The molecule has 0 spiro atoms. The van der Waals surface area contributed by atoms with Crippen LogP contribution in [0.4, 0.5) is 0 Å². The Balaban J connectivity index is 0.00000192. The number of hydrogen-bond donors (Lipinski definition) is 5. The molecule has 0 unspecified atom stereocenters. The SMILES string of the molecule is O=c1c(O)c(-c2ccc(O)c(O)c2)oc2cc(O)cc(O)c12.[Cu]. The third kappa shape index (κ3) is 2.65. The van der Waals surface area contributed by atoms with Crippen LogP contribution in [0.25, 0.3) is 22.3 Å². The van der Waals surface area contributed by atoms with Crippen molar-refractivity contribution in [2.24, 2.45) is 0 Å². The van der Waals surface area contributed by atoms with Crippen molar-refractivity contribution in [3.05, 3.63) is 40.6 Å². The molecule has 0 fully saturated rings. The average Bonchev–Trinajstić information content (AvgIpc) is 2.45. The van der Waals surface area contributed by atoms with E-state index < -0.39 is 22.7 Å². The number of benzene rings is 2. The molecular formula is C15H10CuO7. The summed E-state index contributed by atoms with van der Waals surface area (Å²) >= 11 is 0. The van der Waals surface area contributed by atoms with E-state index in [1.165, 1.54) is 6.07 Å². The maximum Gasteiger partial charge on any atom is 0.238 e. The molecule has 0 amide bonds. The average molecular weight is 366 g/mol. The third-order valence-electron chi connectivity index (χ3n) is 3.17. The molecule has 1 heterocycles. The molecule has 0 saturated carbocycles. The van der Waals surface area contributed by atoms with E-state index in [0.717, 1.165) is 24.3 Å². The fourth-order valence-corrected chi connectivity index (χ4v) is 2.14. The summed E-state index contributed by atoms with van der Waals surface area (Å²) in [5, 5.41) is 47.6. The normalized spacial score (nSPS) is 10.4. The molecule has 0 saturated heterocycles. The molecule has 8 heteroatoms. The first-order valence-electron chi connectivity index (χ1n) is 6.12. The van der Waals surface area contributed by atoms with Gasteiger partial charge >= 0.3 is 0 Å². The molecular weight excluding hydrogens is 356 g/mol. The van der Waals surface area contributed by atoms with E-state index in [1.807, 2.05) is 0 Å². The van der Waals surface area contributed by atoms with Gasteiger partial charge in [0.05, 0.1) is 0 Å². The van der Waals surface area contributed by atoms with Crippen molar-refractivity contribution in [1.29, 1.82) is 0 Å². The van der Waals surface area contributed by atoms with Gasteiger partial charge in [0.25, 0.3) is 0 Å². The number of phenolic OH excluding ortho intramolecular Hbond substituents is 4. The first-order chi connectivity index (χ1) is 10.4. The molecule has 7 nitrogen and oxygen atoms in total. The Bertz CT molecular complexity index is 962. The Morgan fingerprint density at radius 2 is 1.52 bits per heavy atom. The first-order valence-corrected chi connectivity index (χ1v) is 6.12. The Morgan fingerprint density at radius 3 is 2.17 bits per heavy atom. The molecule has 123 valence electrons. The molecule has 0 atom stereocenters. The van der Waals surface area contributed by atoms with E-state index in [1.54, 1.807) is 0 Å². The topological polar surface area (TPSA) is 131 Å². The Morgan fingerprint density at radius 1 is 0.826 bits per heavy atom. The van der Waals surface area contributed by atoms with E-state index in [-0.39, 0.29) is 50.9 Å². The number of hydrogen-bond acceptors (Lipinski definition) is 7. The zero-order valence-electron chi connectivity index (χ0n) is 11.2. The van der Waals surface area contributed by atoms with Gasteiger partial charge in [-0.05, 0) is 18.2 Å². The Kier molecular flexibility index (Phi) is 4.14. The zero-order valence-corrected chi connectivity index (χ0v) is 12.2. The van der Waals surface area contributed by atoms with Crippen LogP contribution in [0.2, 0.25) is 0 Å². The van der Waals surface area contributed by atoms with Crippen molar-refractivity contribution in [3.8, 4) is 40.1 Å². The van der Waals surface area contributed by atoms with E-state index in [2.05, 4.69) is 0 Å². The van der Waals surface area contributed by atoms with Gasteiger partial charge in [0.1, 0.15) is 22.5 Å². The van der Waals surface area contributed by atoms with Gasteiger partial charge in [0, 0.05) is 34.8 Å². The Labute approximate surface area is 139 Å². The number of aromatic hydroxyl groups is 5. The van der Waals surface area contributed by atoms with Crippen LogP contribution in [0, 0.1) is 0 Å². The van der Waals surface area contributed by atoms with Gasteiger partial charge in [-0.2, -0.15) is 0 Å². The van der Waals surface area contributed by atoms with Gasteiger partial charge in [-0.25, -0.2) is 0 Å². The van der Waals surface area contributed by atoms with E-state index in [4.69, 9.17) is 4.42 Å². The van der Waals surface area contributed by atoms with Crippen molar-refractivity contribution in [2.45, 2.75) is 0 Å². The molecule has 1 radical (unpaired) electrons. The maximum absolute atomic E-state index is 12.1. The maximum atomic E-state index is 12.1. The summed E-state index contributed by atoms with van der Waals surface area (Å²) in [5.41, 5.74) is -0.890. The van der Waals surface area contributed by atoms with Crippen molar-refractivity contribution in [1.82, 2.24) is 0 Å². The van der Waals surface area contributed by atoms with E-state index in [0.29, 0.717) is 0 Å². The van der Waals surface area contributed by atoms with E-state index >= 15 is 0 Å². The summed E-state index contributed by atoms with van der Waals surface area (Å²) in [6, 6.07) is 5.64. The molecule has 5 N–H and O–H groups in total. The van der Waals surface area contributed by atoms with Gasteiger partial charge in [-0.15, -0.1) is 0 Å². The smallest absolute Gasteiger partial charge is 0.238 e. The van der Waals surface area contributed by atoms with E-state index in [9.17, 15) is 30.3 Å². The minimum Gasteiger partial charge on any atom is -0.508 e. The van der Waals surface area contributed by atoms with Gasteiger partial charge in [-0.3, -0.25) is 4.79 Å². The molecule has 0 aliphatic carbocycles. The van der Waals surface area contributed by atoms with Crippen molar-refractivity contribution in [3.63, 3.8) is 0 Å². The minimum atomic E-state index is -0.888. The number of rotatable bonds is 1. The van der Waals surface area contributed by atoms with Crippen molar-refractivity contribution >= 4 is 11.0 Å².